The summed E-state index contributed by atoms with van der Waals surface area (Å²) in [4.78, 5) is 24.1. The fourth-order valence-electron chi connectivity index (χ4n) is 5.58. The van der Waals surface area contributed by atoms with Gasteiger partial charge in [0, 0.05) is 47.0 Å². The minimum atomic E-state index is -0.386. The lowest BCUT2D eigenvalue weighted by Crippen LogP contribution is -2.35. The number of carbonyl (C=O) groups is 1. The molecular formula is C32H35ClFN5O3. The molecule has 0 saturated carbocycles. The summed E-state index contributed by atoms with van der Waals surface area (Å²) in [6, 6.07) is 16.3. The molecule has 4 aromatic rings. The van der Waals surface area contributed by atoms with Gasteiger partial charge in [-0.25, -0.2) is 14.4 Å². The second kappa shape index (κ2) is 12.8. The number of likely N-dealkylation sites (tertiary alicyclic amines) is 1. The van der Waals surface area contributed by atoms with E-state index in [1.165, 1.54) is 6.07 Å². The zero-order valence-electron chi connectivity index (χ0n) is 23.7. The highest BCUT2D eigenvalue weighted by atomic mass is 35.5. The number of imidazole rings is 1. The molecule has 0 spiro atoms. The highest BCUT2D eigenvalue weighted by molar-refractivity contribution is 6.30. The predicted molar refractivity (Wildman–Crippen MR) is 160 cm³/mol. The van der Waals surface area contributed by atoms with Gasteiger partial charge in [-0.05, 0) is 68.8 Å². The van der Waals surface area contributed by atoms with Gasteiger partial charge in [-0.1, -0.05) is 30.7 Å². The van der Waals surface area contributed by atoms with Crippen LogP contribution in [0, 0.1) is 5.82 Å². The van der Waals surface area contributed by atoms with Crippen molar-refractivity contribution in [2.75, 3.05) is 25.0 Å². The van der Waals surface area contributed by atoms with Gasteiger partial charge in [-0.2, -0.15) is 0 Å². The molecule has 1 atom stereocenters. The first-order valence-corrected chi connectivity index (χ1v) is 15.0. The molecule has 10 heteroatoms. The van der Waals surface area contributed by atoms with E-state index in [1.54, 1.807) is 12.1 Å². The molecule has 2 saturated heterocycles. The van der Waals surface area contributed by atoms with E-state index in [-0.39, 0.29) is 24.4 Å². The van der Waals surface area contributed by atoms with Gasteiger partial charge < -0.3 is 19.4 Å². The van der Waals surface area contributed by atoms with E-state index >= 15 is 0 Å². The Labute approximate surface area is 249 Å². The number of carbonyl (C=O) groups excluding carboxylic acids is 1. The van der Waals surface area contributed by atoms with Crippen LogP contribution < -0.4 is 10.1 Å². The third-order valence-electron chi connectivity index (χ3n) is 8.12. The number of nitrogens with one attached hydrogen (secondary N) is 1. The highest BCUT2D eigenvalue weighted by Gasteiger charge is 2.26. The van der Waals surface area contributed by atoms with E-state index in [9.17, 15) is 9.18 Å². The average Bonchev–Trinajstić information content (AvgIpc) is 3.30. The molecular weight excluding hydrogens is 557 g/mol. The number of pyridine rings is 1. The summed E-state index contributed by atoms with van der Waals surface area (Å²) in [5.74, 6) is 1.43. The van der Waals surface area contributed by atoms with Gasteiger partial charge in [0.2, 0.25) is 11.8 Å². The first-order chi connectivity index (χ1) is 20.4. The van der Waals surface area contributed by atoms with Gasteiger partial charge in [0.05, 0.1) is 30.2 Å². The van der Waals surface area contributed by atoms with Crippen LogP contribution >= 0.6 is 11.6 Å². The number of anilines is 1. The monoisotopic (exact) mass is 591 g/mol. The average molecular weight is 592 g/mol. The van der Waals surface area contributed by atoms with E-state index in [0.29, 0.717) is 28.8 Å². The summed E-state index contributed by atoms with van der Waals surface area (Å²) >= 11 is 5.86. The summed E-state index contributed by atoms with van der Waals surface area (Å²) in [7, 11) is 0. The van der Waals surface area contributed by atoms with Gasteiger partial charge in [0.1, 0.15) is 18.2 Å². The molecule has 4 heterocycles. The molecule has 1 amide bonds. The number of hydrogen-bond acceptors (Lipinski definition) is 6. The Kier molecular flexibility index (Phi) is 8.69. The SMILES string of the molecule is CCC(=O)Nc1ccc2c(c1)nc(CN1CCC(c3cccc(OCc4ccc(Cl)cc4F)n3)CC1)n2CC1CCO1. The molecule has 42 heavy (non-hydrogen) atoms. The highest BCUT2D eigenvalue weighted by Crippen LogP contribution is 2.30. The van der Waals surface area contributed by atoms with Gasteiger partial charge in [-0.15, -0.1) is 0 Å². The van der Waals surface area contributed by atoms with Crippen molar-refractivity contribution < 1.29 is 18.7 Å². The van der Waals surface area contributed by atoms with Crippen LogP contribution in [0.4, 0.5) is 10.1 Å². The fourth-order valence-corrected chi connectivity index (χ4v) is 5.74. The van der Waals surface area contributed by atoms with Crippen molar-refractivity contribution in [3.8, 4) is 5.88 Å². The lowest BCUT2D eigenvalue weighted by molar-refractivity contribution is -0.115. The van der Waals surface area contributed by atoms with Crippen molar-refractivity contribution in [1.29, 1.82) is 0 Å². The number of hydrogen-bond donors (Lipinski definition) is 1. The van der Waals surface area contributed by atoms with Gasteiger partial charge in [0.25, 0.3) is 0 Å². The van der Waals surface area contributed by atoms with Crippen molar-refractivity contribution >= 4 is 34.2 Å². The molecule has 1 N–H and O–H groups in total. The number of nitrogens with zero attached hydrogens (tertiary/aromatic N) is 4. The molecule has 220 valence electrons. The third kappa shape index (κ3) is 6.59. The molecule has 0 bridgehead atoms. The summed E-state index contributed by atoms with van der Waals surface area (Å²) < 4.78 is 28.0. The van der Waals surface area contributed by atoms with Crippen LogP contribution in [0.1, 0.15) is 55.6 Å². The number of halogens is 2. The summed E-state index contributed by atoms with van der Waals surface area (Å²) in [6.45, 7) is 6.12. The number of amides is 1. The van der Waals surface area contributed by atoms with Crippen LogP contribution in [0.15, 0.2) is 54.6 Å². The van der Waals surface area contributed by atoms with Crippen molar-refractivity contribution in [2.45, 2.75) is 64.3 Å². The molecule has 1 unspecified atom stereocenters. The first-order valence-electron chi connectivity index (χ1n) is 14.6. The molecule has 6 rings (SSSR count). The molecule has 8 nitrogen and oxygen atoms in total. The number of piperidine rings is 1. The second-order valence-corrected chi connectivity index (χ2v) is 11.4. The number of benzene rings is 2. The Bertz CT molecular complexity index is 1570. The fraction of sp³-hybridized carbons (Fsp3) is 0.406. The molecule has 2 fully saturated rings. The lowest BCUT2D eigenvalue weighted by atomic mass is 9.93. The molecule has 2 aliphatic heterocycles. The maximum Gasteiger partial charge on any atom is 0.224 e. The van der Waals surface area contributed by atoms with Crippen molar-refractivity contribution in [1.82, 2.24) is 19.4 Å². The molecule has 0 aliphatic carbocycles. The van der Waals surface area contributed by atoms with E-state index in [0.717, 1.165) is 80.3 Å². The number of aromatic nitrogens is 3. The van der Waals surface area contributed by atoms with E-state index in [1.807, 2.05) is 43.3 Å². The van der Waals surface area contributed by atoms with Crippen molar-refractivity contribution in [3.05, 3.63) is 82.5 Å². The van der Waals surface area contributed by atoms with Crippen LogP contribution in [-0.2, 0) is 29.2 Å². The zero-order valence-corrected chi connectivity index (χ0v) is 24.4. The number of fused-ring (bicyclic) bond motifs is 1. The smallest absolute Gasteiger partial charge is 0.224 e. The molecule has 2 aromatic heterocycles. The van der Waals surface area contributed by atoms with Crippen molar-refractivity contribution in [3.63, 3.8) is 0 Å². The third-order valence-corrected chi connectivity index (χ3v) is 8.35. The normalized spacial score (nSPS) is 17.7. The number of rotatable bonds is 10. The van der Waals surface area contributed by atoms with E-state index < -0.39 is 0 Å². The van der Waals surface area contributed by atoms with Crippen LogP contribution in [0.5, 0.6) is 5.88 Å². The van der Waals surface area contributed by atoms with Gasteiger partial charge in [0.15, 0.2) is 0 Å². The first kappa shape index (κ1) is 28.6. The second-order valence-electron chi connectivity index (χ2n) is 11.0. The van der Waals surface area contributed by atoms with Crippen LogP contribution in [0.25, 0.3) is 11.0 Å². The topological polar surface area (TPSA) is 81.5 Å². The van der Waals surface area contributed by atoms with E-state index in [2.05, 4.69) is 14.8 Å². The molecule has 2 aromatic carbocycles. The van der Waals surface area contributed by atoms with Gasteiger partial charge in [-0.3, -0.25) is 9.69 Å². The molecule has 2 aliphatic rings. The standard InChI is InChI=1S/C32H35ClFN5O3/c1-2-31(40)35-24-8-9-29-28(17-24)36-30(39(29)18-25-12-15-41-25)19-38-13-10-21(11-14-38)27-4-3-5-32(37-27)42-20-22-6-7-23(33)16-26(22)34/h3-9,16-17,21,25H,2,10-15,18-20H2,1H3,(H,35,40). The maximum atomic E-state index is 14.1. The Balaban J connectivity index is 1.10. The van der Waals surface area contributed by atoms with Crippen LogP contribution in [0.2, 0.25) is 5.02 Å². The number of ether oxygens (including phenoxy) is 2. The van der Waals surface area contributed by atoms with Crippen LogP contribution in [-0.4, -0.2) is 51.1 Å². The van der Waals surface area contributed by atoms with Crippen molar-refractivity contribution in [2.24, 2.45) is 0 Å². The largest absolute Gasteiger partial charge is 0.473 e. The summed E-state index contributed by atoms with van der Waals surface area (Å²) in [5.41, 5.74) is 4.15. The minimum absolute atomic E-state index is 0.0122. The maximum absolute atomic E-state index is 14.1. The Morgan fingerprint density at radius 2 is 1.95 bits per heavy atom. The Hall–Kier alpha value is -3.53. The zero-order chi connectivity index (χ0) is 29.1. The van der Waals surface area contributed by atoms with E-state index in [4.69, 9.17) is 31.0 Å². The Morgan fingerprint density at radius 1 is 1.12 bits per heavy atom. The lowest BCUT2D eigenvalue weighted by Gasteiger charge is -2.32. The minimum Gasteiger partial charge on any atom is -0.473 e. The predicted octanol–water partition coefficient (Wildman–Crippen LogP) is 6.32. The molecule has 0 radical (unpaired) electrons. The van der Waals surface area contributed by atoms with Crippen LogP contribution in [0.3, 0.4) is 0 Å². The quantitative estimate of drug-likeness (QED) is 0.232. The summed E-state index contributed by atoms with van der Waals surface area (Å²) in [6.07, 6.45) is 3.65. The summed E-state index contributed by atoms with van der Waals surface area (Å²) in [5, 5.41) is 3.30. The Morgan fingerprint density at radius 3 is 2.69 bits per heavy atom. The van der Waals surface area contributed by atoms with Gasteiger partial charge >= 0.3 is 0 Å².